The molecule has 162 valence electrons. The van der Waals surface area contributed by atoms with Gasteiger partial charge in [0.15, 0.2) is 0 Å². The number of anilines is 1. The molecule has 0 saturated carbocycles. The molecule has 0 fully saturated rings. The van der Waals surface area contributed by atoms with E-state index in [0.717, 1.165) is 23.0 Å². The fourth-order valence-electron chi connectivity index (χ4n) is 3.92. The first-order chi connectivity index (χ1) is 14.9. The van der Waals surface area contributed by atoms with E-state index in [9.17, 15) is 18.0 Å². The summed E-state index contributed by atoms with van der Waals surface area (Å²) in [6.07, 6.45) is 3.84. The number of rotatable bonds is 5. The minimum absolute atomic E-state index is 0.0401. The number of nitrogens with zero attached hydrogens (tertiary/aromatic N) is 2. The SMILES string of the molecule is CCc1[nH]c(=O)n(-c2cccc(S(=O)(=O)N3CCCc4ccccc43)c2)c(=O)c1SC. The number of thioether (sulfide) groups is 1. The van der Waals surface area contributed by atoms with Crippen molar-refractivity contribution in [1.29, 1.82) is 0 Å². The quantitative estimate of drug-likeness (QED) is 0.595. The van der Waals surface area contributed by atoms with Gasteiger partial charge in [-0.25, -0.2) is 17.8 Å². The van der Waals surface area contributed by atoms with Gasteiger partial charge in [-0.05, 0) is 55.3 Å². The zero-order valence-corrected chi connectivity index (χ0v) is 18.9. The summed E-state index contributed by atoms with van der Waals surface area (Å²) >= 11 is 1.26. The Bertz CT molecular complexity index is 1360. The Hall–Kier alpha value is -2.78. The standard InChI is InChI=1S/C22H23N3O4S2/c1-3-18-20(30-2)21(26)25(22(27)23-18)16-10-6-11-17(14-16)31(28,29)24-13-7-9-15-8-4-5-12-19(15)24/h4-6,8,10-12,14H,3,7,9,13H2,1-2H3,(H,23,27). The number of sulfonamides is 1. The van der Waals surface area contributed by atoms with Crippen molar-refractivity contribution in [2.24, 2.45) is 0 Å². The number of fused-ring (bicyclic) bond motifs is 1. The maximum atomic E-state index is 13.5. The molecule has 1 aliphatic heterocycles. The number of nitrogens with one attached hydrogen (secondary N) is 1. The molecule has 0 amide bonds. The Labute approximate surface area is 184 Å². The van der Waals surface area contributed by atoms with Gasteiger partial charge in [-0.1, -0.05) is 31.2 Å². The molecule has 1 N–H and O–H groups in total. The highest BCUT2D eigenvalue weighted by molar-refractivity contribution is 7.98. The van der Waals surface area contributed by atoms with Gasteiger partial charge in [0, 0.05) is 12.2 Å². The van der Waals surface area contributed by atoms with Gasteiger partial charge in [0.2, 0.25) is 0 Å². The molecular weight excluding hydrogens is 434 g/mol. The first-order valence-electron chi connectivity index (χ1n) is 10.0. The molecular formula is C22H23N3O4S2. The van der Waals surface area contributed by atoms with Gasteiger partial charge in [-0.2, -0.15) is 0 Å². The number of aromatic nitrogens is 2. The Morgan fingerprint density at radius 2 is 1.87 bits per heavy atom. The van der Waals surface area contributed by atoms with E-state index in [1.807, 2.05) is 25.1 Å². The second-order valence-electron chi connectivity index (χ2n) is 7.24. The summed E-state index contributed by atoms with van der Waals surface area (Å²) in [5.41, 5.74) is 1.42. The summed E-state index contributed by atoms with van der Waals surface area (Å²) in [5.74, 6) is 0. The first-order valence-corrected chi connectivity index (χ1v) is 12.7. The normalized spacial score (nSPS) is 13.8. The Kier molecular flexibility index (Phi) is 5.81. The Morgan fingerprint density at radius 1 is 1.10 bits per heavy atom. The van der Waals surface area contributed by atoms with Crippen LogP contribution in [0.3, 0.4) is 0 Å². The second-order valence-corrected chi connectivity index (χ2v) is 9.92. The van der Waals surface area contributed by atoms with Gasteiger partial charge in [0.05, 0.1) is 21.2 Å². The maximum Gasteiger partial charge on any atom is 0.333 e. The summed E-state index contributed by atoms with van der Waals surface area (Å²) in [4.78, 5) is 28.9. The molecule has 0 spiro atoms. The van der Waals surface area contributed by atoms with Gasteiger partial charge in [0.1, 0.15) is 0 Å². The monoisotopic (exact) mass is 457 g/mol. The third kappa shape index (κ3) is 3.72. The number of aromatic amines is 1. The van der Waals surface area contributed by atoms with Crippen molar-refractivity contribution in [3.8, 4) is 5.69 Å². The zero-order valence-electron chi connectivity index (χ0n) is 17.3. The zero-order chi connectivity index (χ0) is 22.2. The van der Waals surface area contributed by atoms with Crippen LogP contribution in [0.2, 0.25) is 0 Å². The molecule has 4 rings (SSSR count). The van der Waals surface area contributed by atoms with Gasteiger partial charge in [-0.3, -0.25) is 9.10 Å². The predicted octanol–water partition coefficient (Wildman–Crippen LogP) is 2.95. The molecule has 0 saturated heterocycles. The van der Waals surface area contributed by atoms with Crippen molar-refractivity contribution in [3.05, 3.63) is 80.6 Å². The largest absolute Gasteiger partial charge is 0.333 e. The second kappa shape index (κ2) is 8.39. The van der Waals surface area contributed by atoms with Crippen molar-refractivity contribution in [2.75, 3.05) is 17.1 Å². The maximum absolute atomic E-state index is 13.5. The van der Waals surface area contributed by atoms with Gasteiger partial charge in [-0.15, -0.1) is 11.8 Å². The van der Waals surface area contributed by atoms with E-state index in [-0.39, 0.29) is 10.6 Å². The van der Waals surface area contributed by atoms with Crippen molar-refractivity contribution in [1.82, 2.24) is 9.55 Å². The average Bonchev–Trinajstić information content (AvgIpc) is 2.78. The molecule has 2 heterocycles. The molecule has 0 aliphatic carbocycles. The Balaban J connectivity index is 1.84. The minimum atomic E-state index is -3.86. The summed E-state index contributed by atoms with van der Waals surface area (Å²) < 4.78 is 29.4. The van der Waals surface area contributed by atoms with Crippen molar-refractivity contribution < 1.29 is 8.42 Å². The van der Waals surface area contributed by atoms with E-state index in [0.29, 0.717) is 29.2 Å². The summed E-state index contributed by atoms with van der Waals surface area (Å²) in [7, 11) is -3.86. The number of hydrogen-bond donors (Lipinski definition) is 1. The first kappa shape index (κ1) is 21.5. The molecule has 3 aromatic rings. The molecule has 9 heteroatoms. The number of benzene rings is 2. The van der Waals surface area contributed by atoms with Crippen molar-refractivity contribution in [2.45, 2.75) is 36.0 Å². The lowest BCUT2D eigenvalue weighted by Crippen LogP contribution is -2.37. The van der Waals surface area contributed by atoms with Crippen LogP contribution in [-0.2, 0) is 22.9 Å². The van der Waals surface area contributed by atoms with Gasteiger partial charge in [0.25, 0.3) is 15.6 Å². The molecule has 0 radical (unpaired) electrons. The lowest BCUT2D eigenvalue weighted by molar-refractivity contribution is 0.586. The summed E-state index contributed by atoms with van der Waals surface area (Å²) in [6, 6.07) is 13.5. The fourth-order valence-corrected chi connectivity index (χ4v) is 6.21. The van der Waals surface area contributed by atoms with E-state index in [1.165, 1.54) is 28.2 Å². The van der Waals surface area contributed by atoms with Crippen LogP contribution in [0.15, 0.2) is 67.9 Å². The fraction of sp³-hybridized carbons (Fsp3) is 0.273. The predicted molar refractivity (Wildman–Crippen MR) is 123 cm³/mol. The summed E-state index contributed by atoms with van der Waals surface area (Å²) in [5, 5.41) is 0. The molecule has 7 nitrogen and oxygen atoms in total. The van der Waals surface area contributed by atoms with Crippen LogP contribution in [0.25, 0.3) is 5.69 Å². The third-order valence-electron chi connectivity index (χ3n) is 5.42. The van der Waals surface area contributed by atoms with E-state index < -0.39 is 21.3 Å². The molecule has 1 aliphatic rings. The van der Waals surface area contributed by atoms with Crippen LogP contribution in [0.1, 0.15) is 24.6 Å². The van der Waals surface area contributed by atoms with Crippen LogP contribution in [0, 0.1) is 0 Å². The van der Waals surface area contributed by atoms with Crippen LogP contribution >= 0.6 is 11.8 Å². The highest BCUT2D eigenvalue weighted by atomic mass is 32.2. The van der Waals surface area contributed by atoms with Crippen LogP contribution in [0.5, 0.6) is 0 Å². The molecule has 1 aromatic heterocycles. The highest BCUT2D eigenvalue weighted by Crippen LogP contribution is 2.32. The molecule has 2 aromatic carbocycles. The third-order valence-corrected chi connectivity index (χ3v) is 8.06. The topological polar surface area (TPSA) is 92.2 Å². The van der Waals surface area contributed by atoms with E-state index in [1.54, 1.807) is 24.5 Å². The van der Waals surface area contributed by atoms with Crippen molar-refractivity contribution >= 4 is 27.5 Å². The number of H-pyrrole nitrogens is 1. The van der Waals surface area contributed by atoms with Crippen LogP contribution in [0.4, 0.5) is 5.69 Å². The van der Waals surface area contributed by atoms with E-state index in [4.69, 9.17) is 0 Å². The Morgan fingerprint density at radius 3 is 2.61 bits per heavy atom. The molecule has 0 bridgehead atoms. The van der Waals surface area contributed by atoms with Crippen molar-refractivity contribution in [3.63, 3.8) is 0 Å². The van der Waals surface area contributed by atoms with E-state index in [2.05, 4.69) is 4.98 Å². The van der Waals surface area contributed by atoms with E-state index >= 15 is 0 Å². The van der Waals surface area contributed by atoms with Crippen LogP contribution in [-0.4, -0.2) is 30.8 Å². The number of para-hydroxylation sites is 1. The smallest absolute Gasteiger partial charge is 0.310 e. The summed E-state index contributed by atoms with van der Waals surface area (Å²) in [6.45, 7) is 2.24. The van der Waals surface area contributed by atoms with Crippen LogP contribution < -0.4 is 15.6 Å². The molecule has 0 atom stereocenters. The molecule has 0 unspecified atom stereocenters. The van der Waals surface area contributed by atoms with Gasteiger partial charge < -0.3 is 4.98 Å². The highest BCUT2D eigenvalue weighted by Gasteiger charge is 2.29. The lowest BCUT2D eigenvalue weighted by atomic mass is 10.0. The lowest BCUT2D eigenvalue weighted by Gasteiger charge is -2.30. The number of aryl methyl sites for hydroxylation is 2. The van der Waals surface area contributed by atoms with Gasteiger partial charge >= 0.3 is 5.69 Å². The average molecular weight is 458 g/mol. The molecule has 31 heavy (non-hydrogen) atoms. The number of hydrogen-bond acceptors (Lipinski definition) is 5. The minimum Gasteiger partial charge on any atom is -0.310 e.